The molecular formula is C24H16N2O4S2. The molecule has 2 heterocycles. The predicted molar refractivity (Wildman–Crippen MR) is 129 cm³/mol. The summed E-state index contributed by atoms with van der Waals surface area (Å²) in [6.45, 7) is 0. The lowest BCUT2D eigenvalue weighted by atomic mass is 10.1. The molecule has 2 aromatic heterocycles. The van der Waals surface area contributed by atoms with Gasteiger partial charge in [0.2, 0.25) is 11.8 Å². The predicted octanol–water partition coefficient (Wildman–Crippen LogP) is 5.47. The van der Waals surface area contributed by atoms with E-state index in [2.05, 4.69) is 9.97 Å². The molecule has 0 bridgehead atoms. The fourth-order valence-electron chi connectivity index (χ4n) is 3.36. The summed E-state index contributed by atoms with van der Waals surface area (Å²) in [6.07, 6.45) is 3.89. The Labute approximate surface area is 190 Å². The van der Waals surface area contributed by atoms with Gasteiger partial charge in [-0.2, -0.15) is 0 Å². The molecule has 3 aromatic carbocycles. The zero-order chi connectivity index (χ0) is 22.2. The van der Waals surface area contributed by atoms with Gasteiger partial charge in [0, 0.05) is 20.9 Å². The van der Waals surface area contributed by atoms with Crippen LogP contribution in [0.4, 0.5) is 0 Å². The molecule has 5 rings (SSSR count). The van der Waals surface area contributed by atoms with Crippen LogP contribution < -0.4 is 11.3 Å². The lowest BCUT2D eigenvalue weighted by Gasteiger charge is -2.05. The average Bonchev–Trinajstić information content (AvgIpc) is 2.83. The van der Waals surface area contributed by atoms with Gasteiger partial charge < -0.3 is 8.83 Å². The Morgan fingerprint density at radius 3 is 1.41 bits per heavy atom. The number of thioether (sulfide) groups is 2. The van der Waals surface area contributed by atoms with Crippen molar-refractivity contribution in [3.8, 4) is 22.9 Å². The number of rotatable bonds is 4. The van der Waals surface area contributed by atoms with Crippen LogP contribution in [-0.4, -0.2) is 22.5 Å². The molecule has 32 heavy (non-hydrogen) atoms. The Bertz CT molecular complexity index is 1470. The molecule has 0 atom stereocenters. The molecule has 0 saturated heterocycles. The zero-order valence-electron chi connectivity index (χ0n) is 17.1. The fraction of sp³-hybridized carbons (Fsp3) is 0.0833. The smallest absolute Gasteiger partial charge is 0.347 e. The second kappa shape index (κ2) is 8.29. The van der Waals surface area contributed by atoms with Crippen molar-refractivity contribution >= 4 is 45.3 Å². The Morgan fingerprint density at radius 2 is 1.03 bits per heavy atom. The van der Waals surface area contributed by atoms with Crippen molar-refractivity contribution in [3.05, 3.63) is 81.5 Å². The fourth-order valence-corrected chi connectivity index (χ4v) is 4.24. The van der Waals surface area contributed by atoms with Crippen LogP contribution in [-0.2, 0) is 0 Å². The van der Waals surface area contributed by atoms with Gasteiger partial charge in [0.1, 0.15) is 0 Å². The van der Waals surface area contributed by atoms with Crippen LogP contribution >= 0.6 is 23.5 Å². The van der Waals surface area contributed by atoms with E-state index < -0.39 is 11.3 Å². The molecule has 8 heteroatoms. The molecule has 5 aromatic rings. The van der Waals surface area contributed by atoms with Crippen LogP contribution in [0.1, 0.15) is 0 Å². The number of hydrogen-bond donors (Lipinski definition) is 0. The van der Waals surface area contributed by atoms with Crippen LogP contribution in [0.2, 0.25) is 0 Å². The topological polar surface area (TPSA) is 86.2 Å². The summed E-state index contributed by atoms with van der Waals surface area (Å²) in [5.74, 6) is 0.451. The largest absolute Gasteiger partial charge is 0.403 e. The van der Waals surface area contributed by atoms with Gasteiger partial charge in [0.05, 0.1) is 21.8 Å². The van der Waals surface area contributed by atoms with Crippen molar-refractivity contribution in [2.24, 2.45) is 0 Å². The first-order valence-corrected chi connectivity index (χ1v) is 12.1. The van der Waals surface area contributed by atoms with E-state index in [1.165, 1.54) is 0 Å². The Kier molecular flexibility index (Phi) is 5.32. The van der Waals surface area contributed by atoms with Gasteiger partial charge in [0.15, 0.2) is 0 Å². The molecule has 0 amide bonds. The molecular weight excluding hydrogens is 444 g/mol. The number of hydrogen-bond acceptors (Lipinski definition) is 8. The quantitative estimate of drug-likeness (QED) is 0.327. The van der Waals surface area contributed by atoms with E-state index in [0.29, 0.717) is 32.9 Å². The lowest BCUT2D eigenvalue weighted by Crippen LogP contribution is -2.04. The van der Waals surface area contributed by atoms with E-state index >= 15 is 0 Å². The van der Waals surface area contributed by atoms with E-state index in [-0.39, 0.29) is 11.8 Å². The normalized spacial score (nSPS) is 11.3. The van der Waals surface area contributed by atoms with Crippen molar-refractivity contribution in [1.29, 1.82) is 0 Å². The first-order valence-electron chi connectivity index (χ1n) is 9.64. The summed E-state index contributed by atoms with van der Waals surface area (Å²) in [6, 6.07) is 18.0. The Hall–Kier alpha value is -3.36. The first kappa shape index (κ1) is 20.5. The highest BCUT2D eigenvalue weighted by Gasteiger charge is 2.12. The summed E-state index contributed by atoms with van der Waals surface area (Å²) < 4.78 is 10.9. The van der Waals surface area contributed by atoms with E-state index in [9.17, 15) is 9.59 Å². The van der Waals surface area contributed by atoms with Crippen molar-refractivity contribution < 1.29 is 8.83 Å². The maximum Gasteiger partial charge on any atom is 0.347 e. The van der Waals surface area contributed by atoms with Gasteiger partial charge in [0.25, 0.3) is 0 Å². The molecule has 158 valence electrons. The van der Waals surface area contributed by atoms with Crippen molar-refractivity contribution in [2.45, 2.75) is 9.79 Å². The van der Waals surface area contributed by atoms with Gasteiger partial charge in [-0.1, -0.05) is 0 Å². The van der Waals surface area contributed by atoms with Crippen molar-refractivity contribution in [2.75, 3.05) is 12.5 Å². The highest BCUT2D eigenvalue weighted by molar-refractivity contribution is 7.98. The molecule has 0 N–H and O–H groups in total. The minimum atomic E-state index is -0.434. The zero-order valence-corrected chi connectivity index (χ0v) is 18.8. The highest BCUT2D eigenvalue weighted by atomic mass is 32.2. The van der Waals surface area contributed by atoms with Crippen molar-refractivity contribution in [1.82, 2.24) is 9.97 Å². The van der Waals surface area contributed by atoms with Crippen molar-refractivity contribution in [3.63, 3.8) is 0 Å². The standard InChI is InChI=1S/C24H16N2O4S2/c1-31-15-7-9-19-17(11-15)23(27)29-21(25-19)13-3-5-14(6-4-13)22-26-20-10-8-16(32-2)12-18(20)24(28)30-22/h3-12H,1-2H3. The van der Waals surface area contributed by atoms with Gasteiger partial charge in [-0.3, -0.25) is 0 Å². The summed E-state index contributed by atoms with van der Waals surface area (Å²) >= 11 is 3.10. The van der Waals surface area contributed by atoms with Crippen LogP contribution in [0.3, 0.4) is 0 Å². The third kappa shape index (κ3) is 3.72. The third-order valence-corrected chi connectivity index (χ3v) is 6.50. The Balaban J connectivity index is 1.53. The van der Waals surface area contributed by atoms with Crippen LogP contribution in [0.15, 0.2) is 88.9 Å². The van der Waals surface area contributed by atoms with E-state index in [1.807, 2.05) is 36.8 Å². The first-order chi connectivity index (χ1) is 15.6. The molecule has 0 fully saturated rings. The number of aromatic nitrogens is 2. The second-order valence-electron chi connectivity index (χ2n) is 6.96. The van der Waals surface area contributed by atoms with Gasteiger partial charge in [-0.25, -0.2) is 19.6 Å². The molecule has 6 nitrogen and oxygen atoms in total. The van der Waals surface area contributed by atoms with E-state index in [4.69, 9.17) is 8.83 Å². The minimum Gasteiger partial charge on any atom is -0.403 e. The third-order valence-electron chi connectivity index (χ3n) is 5.05. The molecule has 0 spiro atoms. The average molecular weight is 461 g/mol. The highest BCUT2D eigenvalue weighted by Crippen LogP contribution is 2.26. The SMILES string of the molecule is CSc1ccc2nc(-c3ccc(-c4nc5ccc(SC)cc5c(=O)o4)cc3)oc(=O)c2c1. The molecule has 0 unspecified atom stereocenters. The number of nitrogens with zero attached hydrogens (tertiary/aromatic N) is 2. The van der Waals surface area contributed by atoms with E-state index in [1.54, 1.807) is 59.9 Å². The minimum absolute atomic E-state index is 0.225. The van der Waals surface area contributed by atoms with Crippen LogP contribution in [0, 0.1) is 0 Å². The monoisotopic (exact) mass is 460 g/mol. The molecule has 0 aliphatic heterocycles. The maximum atomic E-state index is 12.5. The molecule has 0 radical (unpaired) electrons. The second-order valence-corrected chi connectivity index (χ2v) is 8.72. The summed E-state index contributed by atoms with van der Waals surface area (Å²) in [7, 11) is 0. The van der Waals surface area contributed by atoms with Crippen LogP contribution in [0.25, 0.3) is 44.7 Å². The van der Waals surface area contributed by atoms with E-state index in [0.717, 1.165) is 9.79 Å². The lowest BCUT2D eigenvalue weighted by molar-refractivity contribution is 0.516. The van der Waals surface area contributed by atoms with Gasteiger partial charge in [-0.05, 0) is 73.2 Å². The van der Waals surface area contributed by atoms with Gasteiger partial charge >= 0.3 is 11.3 Å². The molecule has 0 saturated carbocycles. The van der Waals surface area contributed by atoms with Gasteiger partial charge in [-0.15, -0.1) is 23.5 Å². The van der Waals surface area contributed by atoms with Crippen LogP contribution in [0.5, 0.6) is 0 Å². The molecule has 0 aliphatic rings. The number of fused-ring (bicyclic) bond motifs is 2. The Morgan fingerprint density at radius 1 is 0.625 bits per heavy atom. The maximum absolute atomic E-state index is 12.5. The number of benzene rings is 3. The molecule has 0 aliphatic carbocycles. The summed E-state index contributed by atoms with van der Waals surface area (Å²) in [5.41, 5.74) is 1.55. The summed E-state index contributed by atoms with van der Waals surface area (Å²) in [5, 5.41) is 0.896. The summed E-state index contributed by atoms with van der Waals surface area (Å²) in [4.78, 5) is 35.8.